The fourth-order valence-electron chi connectivity index (χ4n) is 3.63. The third-order valence-electron chi connectivity index (χ3n) is 5.31. The molecule has 0 saturated carbocycles. The normalized spacial score (nSPS) is 19.2. The second kappa shape index (κ2) is 14.4. The van der Waals surface area contributed by atoms with E-state index in [9.17, 15) is 39.3 Å². The molecular weight excluding hydrogens is 444 g/mol. The van der Waals surface area contributed by atoms with E-state index in [1.807, 2.05) is 0 Å². The van der Waals surface area contributed by atoms with Crippen LogP contribution in [0.4, 0.5) is 0 Å². The first-order chi connectivity index (χ1) is 15.5. The molecular formula is C19H32N4O10. The summed E-state index contributed by atoms with van der Waals surface area (Å²) < 4.78 is 0. The van der Waals surface area contributed by atoms with E-state index in [0.717, 1.165) is 0 Å². The van der Waals surface area contributed by atoms with Crippen molar-refractivity contribution in [3.8, 4) is 0 Å². The van der Waals surface area contributed by atoms with Crippen molar-refractivity contribution in [2.45, 2.75) is 18.9 Å². The monoisotopic (exact) mass is 476 g/mol. The number of carbonyl (C=O) groups is 5. The predicted molar refractivity (Wildman–Crippen MR) is 112 cm³/mol. The molecule has 1 heterocycles. The molecule has 0 unspecified atom stereocenters. The van der Waals surface area contributed by atoms with Crippen LogP contribution in [0.2, 0.25) is 0 Å². The predicted octanol–water partition coefficient (Wildman–Crippen LogP) is -2.22. The maximum atomic E-state index is 11.8. The van der Waals surface area contributed by atoms with E-state index >= 15 is 0 Å². The van der Waals surface area contributed by atoms with Gasteiger partial charge in [0.05, 0.1) is 19.6 Å². The standard InChI is InChI=1S/C19H32N4O10/c24-15(25)2-1-14(19(32)33)23-9-7-21(12-17(28)29)5-3-20(11-16(26)27)4-6-22(8-10-23)13-18(30)31/h14H,1-13H2,(H,24,25)(H,26,27)(H,28,29)(H,30,31)(H,32,33)/t14-/m0/s1. The Morgan fingerprint density at radius 3 is 1.15 bits per heavy atom. The highest BCUT2D eigenvalue weighted by Crippen LogP contribution is 2.10. The highest BCUT2D eigenvalue weighted by Gasteiger charge is 2.28. The van der Waals surface area contributed by atoms with Crippen LogP contribution in [0.15, 0.2) is 0 Å². The molecule has 1 saturated heterocycles. The molecule has 1 aliphatic heterocycles. The van der Waals surface area contributed by atoms with Crippen LogP contribution >= 0.6 is 0 Å². The van der Waals surface area contributed by atoms with Gasteiger partial charge in [-0.1, -0.05) is 0 Å². The van der Waals surface area contributed by atoms with Gasteiger partial charge < -0.3 is 25.5 Å². The Hall–Kier alpha value is -2.81. The highest BCUT2D eigenvalue weighted by atomic mass is 16.4. The maximum Gasteiger partial charge on any atom is 0.320 e. The van der Waals surface area contributed by atoms with Gasteiger partial charge in [-0.05, 0) is 6.42 Å². The van der Waals surface area contributed by atoms with Crippen LogP contribution in [0.1, 0.15) is 12.8 Å². The van der Waals surface area contributed by atoms with Gasteiger partial charge in [-0.3, -0.25) is 43.6 Å². The number of aliphatic carboxylic acids is 5. The van der Waals surface area contributed by atoms with E-state index in [4.69, 9.17) is 10.2 Å². The summed E-state index contributed by atoms with van der Waals surface area (Å²) in [6.45, 7) is 0.464. The topological polar surface area (TPSA) is 199 Å². The first-order valence-corrected chi connectivity index (χ1v) is 10.5. The smallest absolute Gasteiger partial charge is 0.320 e. The first-order valence-electron chi connectivity index (χ1n) is 10.5. The third kappa shape index (κ3) is 12.1. The fraction of sp³-hybridized carbons (Fsp3) is 0.737. The molecule has 1 rings (SSSR count). The summed E-state index contributed by atoms with van der Waals surface area (Å²) in [5.74, 6) is -5.61. The van der Waals surface area contributed by atoms with Gasteiger partial charge in [-0.15, -0.1) is 0 Å². The molecule has 188 valence electrons. The average Bonchev–Trinajstić information content (AvgIpc) is 2.67. The quantitative estimate of drug-likeness (QED) is 0.215. The van der Waals surface area contributed by atoms with Gasteiger partial charge in [0.2, 0.25) is 0 Å². The van der Waals surface area contributed by atoms with Crippen LogP contribution in [0, 0.1) is 0 Å². The maximum absolute atomic E-state index is 11.8. The van der Waals surface area contributed by atoms with E-state index in [1.54, 1.807) is 14.7 Å². The minimum atomic E-state index is -1.22. The second-order valence-electron chi connectivity index (χ2n) is 7.83. The lowest BCUT2D eigenvalue weighted by molar-refractivity contribution is -0.146. The van der Waals surface area contributed by atoms with Gasteiger partial charge >= 0.3 is 29.8 Å². The molecule has 1 fully saturated rings. The minimum Gasteiger partial charge on any atom is -0.481 e. The number of hydrogen-bond acceptors (Lipinski definition) is 9. The fourth-order valence-corrected chi connectivity index (χ4v) is 3.63. The lowest BCUT2D eigenvalue weighted by atomic mass is 10.1. The Labute approximate surface area is 190 Å². The van der Waals surface area contributed by atoms with Gasteiger partial charge in [0, 0.05) is 58.8 Å². The minimum absolute atomic E-state index is 0.115. The second-order valence-corrected chi connectivity index (χ2v) is 7.83. The lowest BCUT2D eigenvalue weighted by Crippen LogP contribution is -2.51. The molecule has 0 radical (unpaired) electrons. The molecule has 5 N–H and O–H groups in total. The van der Waals surface area contributed by atoms with E-state index in [-0.39, 0.29) is 84.8 Å². The van der Waals surface area contributed by atoms with Crippen LogP contribution in [0.5, 0.6) is 0 Å². The summed E-state index contributed by atoms with van der Waals surface area (Å²) in [5, 5.41) is 46.2. The van der Waals surface area contributed by atoms with Gasteiger partial charge in [-0.2, -0.15) is 0 Å². The molecule has 0 aromatic rings. The van der Waals surface area contributed by atoms with Gasteiger partial charge in [0.15, 0.2) is 0 Å². The Morgan fingerprint density at radius 1 is 0.545 bits per heavy atom. The van der Waals surface area contributed by atoms with E-state index in [2.05, 4.69) is 0 Å². The molecule has 0 aliphatic carbocycles. The number of carboxylic acid groups (broad SMARTS) is 5. The summed E-state index contributed by atoms with van der Waals surface area (Å²) in [6.07, 6.45) is -0.524. The van der Waals surface area contributed by atoms with Crippen molar-refractivity contribution in [3.05, 3.63) is 0 Å². The Bertz CT molecular complexity index is 672. The molecule has 0 amide bonds. The zero-order chi connectivity index (χ0) is 25.0. The third-order valence-corrected chi connectivity index (χ3v) is 5.31. The zero-order valence-corrected chi connectivity index (χ0v) is 18.3. The van der Waals surface area contributed by atoms with Crippen molar-refractivity contribution >= 4 is 29.8 Å². The first kappa shape index (κ1) is 28.2. The van der Waals surface area contributed by atoms with E-state index in [1.165, 1.54) is 4.90 Å². The zero-order valence-electron chi connectivity index (χ0n) is 18.3. The number of nitrogens with zero attached hydrogens (tertiary/aromatic N) is 4. The van der Waals surface area contributed by atoms with Crippen LogP contribution in [-0.4, -0.2) is 153 Å². The molecule has 1 atom stereocenters. The SMILES string of the molecule is O=C(O)CC[C@@H](C(=O)O)N1CCN(CC(=O)O)CCN(CC(=O)O)CCN(CC(=O)O)CC1. The summed E-state index contributed by atoms with van der Waals surface area (Å²) >= 11 is 0. The number of rotatable bonds is 11. The molecule has 14 heteroatoms. The summed E-state index contributed by atoms with van der Waals surface area (Å²) in [6, 6.07) is -1.13. The van der Waals surface area contributed by atoms with Crippen LogP contribution in [0.3, 0.4) is 0 Å². The largest absolute Gasteiger partial charge is 0.481 e. The highest BCUT2D eigenvalue weighted by molar-refractivity contribution is 5.75. The van der Waals surface area contributed by atoms with Crippen LogP contribution in [0.25, 0.3) is 0 Å². The van der Waals surface area contributed by atoms with Crippen molar-refractivity contribution in [1.29, 1.82) is 0 Å². The van der Waals surface area contributed by atoms with Crippen molar-refractivity contribution in [2.75, 3.05) is 72.0 Å². The molecule has 33 heavy (non-hydrogen) atoms. The van der Waals surface area contributed by atoms with Crippen molar-refractivity contribution < 1.29 is 49.5 Å². The molecule has 0 aromatic carbocycles. The number of hydrogen-bond donors (Lipinski definition) is 5. The summed E-state index contributed by atoms with van der Waals surface area (Å²) in [7, 11) is 0. The van der Waals surface area contributed by atoms with Crippen LogP contribution < -0.4 is 0 Å². The van der Waals surface area contributed by atoms with Crippen molar-refractivity contribution in [3.63, 3.8) is 0 Å². The van der Waals surface area contributed by atoms with Gasteiger partial charge in [-0.25, -0.2) is 0 Å². The van der Waals surface area contributed by atoms with Gasteiger partial charge in [0.1, 0.15) is 6.04 Å². The Morgan fingerprint density at radius 2 is 0.879 bits per heavy atom. The lowest BCUT2D eigenvalue weighted by Gasteiger charge is -2.35. The molecule has 0 spiro atoms. The van der Waals surface area contributed by atoms with Crippen LogP contribution in [-0.2, 0) is 24.0 Å². The Balaban J connectivity index is 3.11. The Kier molecular flexibility index (Phi) is 12.3. The van der Waals surface area contributed by atoms with Crippen molar-refractivity contribution in [1.82, 2.24) is 19.6 Å². The number of carboxylic acids is 5. The molecule has 0 bridgehead atoms. The molecule has 14 nitrogen and oxygen atoms in total. The van der Waals surface area contributed by atoms with Crippen molar-refractivity contribution in [2.24, 2.45) is 0 Å². The molecule has 1 aliphatic rings. The van der Waals surface area contributed by atoms with E-state index in [0.29, 0.717) is 0 Å². The summed E-state index contributed by atoms with van der Waals surface area (Å²) in [5.41, 5.74) is 0. The van der Waals surface area contributed by atoms with E-state index < -0.39 is 35.9 Å². The molecule has 0 aromatic heterocycles. The van der Waals surface area contributed by atoms with Gasteiger partial charge in [0.25, 0.3) is 0 Å². The summed E-state index contributed by atoms with van der Waals surface area (Å²) in [4.78, 5) is 62.8. The average molecular weight is 476 g/mol.